The molecule has 0 spiro atoms. The van der Waals surface area contributed by atoms with Gasteiger partial charge in [-0.25, -0.2) is 4.98 Å². The van der Waals surface area contributed by atoms with Crippen LogP contribution in [0.15, 0.2) is 36.4 Å². The molecule has 3 aromatic rings. The molecule has 6 heteroatoms. The lowest BCUT2D eigenvalue weighted by Crippen LogP contribution is -1.92. The molecule has 0 aliphatic heterocycles. The zero-order chi connectivity index (χ0) is 18.0. The number of methoxy groups -OCH3 is 2. The molecule has 1 N–H and O–H groups in total. The van der Waals surface area contributed by atoms with Gasteiger partial charge in [0.25, 0.3) is 0 Å². The number of phenols is 1. The van der Waals surface area contributed by atoms with E-state index in [0.717, 1.165) is 5.56 Å². The molecule has 0 saturated carbocycles. The van der Waals surface area contributed by atoms with Gasteiger partial charge in [0.15, 0.2) is 17.2 Å². The summed E-state index contributed by atoms with van der Waals surface area (Å²) in [5.41, 5.74) is 1.85. The van der Waals surface area contributed by atoms with Gasteiger partial charge in [-0.2, -0.15) is 0 Å². The Hall–Kier alpha value is -2.43. The van der Waals surface area contributed by atoms with Gasteiger partial charge in [-0.1, -0.05) is 35.3 Å². The van der Waals surface area contributed by atoms with Gasteiger partial charge >= 0.3 is 0 Å². The SMILES string of the molecule is COc1cccc(/C=C/c2ccc3c(Cl)cc(Cl)c(O)c3n2)c1OC. The Kier molecular flexibility index (Phi) is 5.02. The molecule has 1 aromatic heterocycles. The van der Waals surface area contributed by atoms with Crippen molar-refractivity contribution in [2.24, 2.45) is 0 Å². The van der Waals surface area contributed by atoms with E-state index in [1.807, 2.05) is 36.4 Å². The van der Waals surface area contributed by atoms with Crippen molar-refractivity contribution in [3.05, 3.63) is 57.7 Å². The highest BCUT2D eigenvalue weighted by Gasteiger charge is 2.11. The third kappa shape index (κ3) is 3.36. The van der Waals surface area contributed by atoms with Crippen molar-refractivity contribution in [2.45, 2.75) is 0 Å². The number of halogens is 2. The molecule has 0 amide bonds. The molecule has 0 radical (unpaired) electrons. The number of fused-ring (bicyclic) bond motifs is 1. The Balaban J connectivity index is 2.04. The van der Waals surface area contributed by atoms with Crippen molar-refractivity contribution in [3.8, 4) is 17.2 Å². The second-order valence-corrected chi connectivity index (χ2v) is 6.05. The van der Waals surface area contributed by atoms with E-state index >= 15 is 0 Å². The van der Waals surface area contributed by atoms with Crippen molar-refractivity contribution < 1.29 is 14.6 Å². The number of phenolic OH excluding ortho intramolecular Hbond substituents is 1. The number of ether oxygens (including phenoxy) is 2. The number of rotatable bonds is 4. The Morgan fingerprint density at radius 3 is 2.52 bits per heavy atom. The first kappa shape index (κ1) is 17.4. The lowest BCUT2D eigenvalue weighted by molar-refractivity contribution is 0.354. The maximum atomic E-state index is 10.1. The Morgan fingerprint density at radius 1 is 1.00 bits per heavy atom. The summed E-state index contributed by atoms with van der Waals surface area (Å²) in [6.45, 7) is 0. The highest BCUT2D eigenvalue weighted by molar-refractivity contribution is 6.39. The summed E-state index contributed by atoms with van der Waals surface area (Å²) in [5.74, 6) is 1.19. The molecule has 128 valence electrons. The van der Waals surface area contributed by atoms with Crippen LogP contribution in [0.3, 0.4) is 0 Å². The monoisotopic (exact) mass is 375 g/mol. The minimum Gasteiger partial charge on any atom is -0.504 e. The van der Waals surface area contributed by atoms with E-state index in [2.05, 4.69) is 4.98 Å². The molecule has 0 fully saturated rings. The normalized spacial score (nSPS) is 11.2. The molecular formula is C19H15Cl2NO3. The van der Waals surface area contributed by atoms with Crippen LogP contribution in [0.1, 0.15) is 11.3 Å². The third-order valence-electron chi connectivity index (χ3n) is 3.75. The maximum Gasteiger partial charge on any atom is 0.167 e. The average molecular weight is 376 g/mol. The number of aromatic hydroxyl groups is 1. The van der Waals surface area contributed by atoms with E-state index in [-0.39, 0.29) is 10.8 Å². The van der Waals surface area contributed by atoms with Crippen molar-refractivity contribution in [1.82, 2.24) is 4.98 Å². The molecule has 0 bridgehead atoms. The summed E-state index contributed by atoms with van der Waals surface area (Å²) in [6.07, 6.45) is 3.67. The number of benzene rings is 2. The smallest absolute Gasteiger partial charge is 0.167 e. The van der Waals surface area contributed by atoms with Crippen LogP contribution in [0.4, 0.5) is 0 Å². The van der Waals surface area contributed by atoms with Crippen molar-refractivity contribution in [1.29, 1.82) is 0 Å². The van der Waals surface area contributed by atoms with Crippen molar-refractivity contribution in [3.63, 3.8) is 0 Å². The second-order valence-electron chi connectivity index (χ2n) is 5.24. The number of hydrogen-bond acceptors (Lipinski definition) is 4. The summed E-state index contributed by atoms with van der Waals surface area (Å²) in [7, 11) is 3.18. The fourth-order valence-corrected chi connectivity index (χ4v) is 3.05. The third-order valence-corrected chi connectivity index (χ3v) is 4.35. The highest BCUT2D eigenvalue weighted by Crippen LogP contribution is 2.36. The Bertz CT molecular complexity index is 971. The number of hydrogen-bond donors (Lipinski definition) is 1. The van der Waals surface area contributed by atoms with Gasteiger partial charge in [-0.3, -0.25) is 0 Å². The molecule has 0 atom stereocenters. The molecule has 0 unspecified atom stereocenters. The molecule has 2 aromatic carbocycles. The van der Waals surface area contributed by atoms with E-state index in [1.165, 1.54) is 6.07 Å². The number of para-hydroxylation sites is 1. The summed E-state index contributed by atoms with van der Waals surface area (Å²) in [6, 6.07) is 10.7. The van der Waals surface area contributed by atoms with Crippen LogP contribution in [0.25, 0.3) is 23.1 Å². The maximum absolute atomic E-state index is 10.1. The van der Waals surface area contributed by atoms with Gasteiger partial charge in [-0.15, -0.1) is 0 Å². The second kappa shape index (κ2) is 7.21. The van der Waals surface area contributed by atoms with Gasteiger partial charge in [0.05, 0.1) is 30.0 Å². The average Bonchev–Trinajstić information content (AvgIpc) is 2.63. The standard InChI is InChI=1S/C19H15Cl2NO3/c1-24-16-5-3-4-11(19(16)25-2)6-7-12-8-9-13-14(20)10-15(21)18(23)17(13)22-12/h3-10,23H,1-2H3/b7-6+. The van der Waals surface area contributed by atoms with Crippen LogP contribution in [0.5, 0.6) is 17.2 Å². The molecule has 1 heterocycles. The predicted octanol–water partition coefficient (Wildman–Crippen LogP) is 5.43. The van der Waals surface area contributed by atoms with Crippen molar-refractivity contribution in [2.75, 3.05) is 14.2 Å². The Labute approximate surface area is 155 Å². The topological polar surface area (TPSA) is 51.6 Å². The first-order chi connectivity index (χ1) is 12.0. The van der Waals surface area contributed by atoms with Gasteiger partial charge in [0, 0.05) is 10.9 Å². The van der Waals surface area contributed by atoms with E-state index in [9.17, 15) is 5.11 Å². The summed E-state index contributed by atoms with van der Waals surface area (Å²) in [4.78, 5) is 4.43. The fourth-order valence-electron chi connectivity index (χ4n) is 2.53. The van der Waals surface area contributed by atoms with Crippen LogP contribution < -0.4 is 9.47 Å². The van der Waals surface area contributed by atoms with E-state index in [0.29, 0.717) is 33.1 Å². The highest BCUT2D eigenvalue weighted by atomic mass is 35.5. The van der Waals surface area contributed by atoms with Gasteiger partial charge in [0.2, 0.25) is 0 Å². The lowest BCUT2D eigenvalue weighted by atomic mass is 10.1. The van der Waals surface area contributed by atoms with E-state index in [4.69, 9.17) is 32.7 Å². The molecule has 0 aliphatic rings. The molecule has 25 heavy (non-hydrogen) atoms. The zero-order valence-electron chi connectivity index (χ0n) is 13.6. The summed E-state index contributed by atoms with van der Waals surface area (Å²) < 4.78 is 10.7. The zero-order valence-corrected chi connectivity index (χ0v) is 15.1. The number of aromatic nitrogens is 1. The molecule has 4 nitrogen and oxygen atoms in total. The van der Waals surface area contributed by atoms with E-state index < -0.39 is 0 Å². The molecular weight excluding hydrogens is 361 g/mol. The van der Waals surface area contributed by atoms with Gasteiger partial charge in [0.1, 0.15) is 5.52 Å². The quantitative estimate of drug-likeness (QED) is 0.659. The fraction of sp³-hybridized carbons (Fsp3) is 0.105. The number of nitrogens with zero attached hydrogens (tertiary/aromatic N) is 1. The first-order valence-electron chi connectivity index (χ1n) is 7.42. The van der Waals surface area contributed by atoms with Crippen LogP contribution in [-0.2, 0) is 0 Å². The van der Waals surface area contributed by atoms with Gasteiger partial charge < -0.3 is 14.6 Å². The molecule has 0 aliphatic carbocycles. The van der Waals surface area contributed by atoms with Crippen LogP contribution in [-0.4, -0.2) is 24.3 Å². The minimum atomic E-state index is -0.0877. The largest absolute Gasteiger partial charge is 0.504 e. The number of pyridine rings is 1. The van der Waals surface area contributed by atoms with Crippen LogP contribution in [0, 0.1) is 0 Å². The van der Waals surface area contributed by atoms with Crippen molar-refractivity contribution >= 4 is 46.3 Å². The minimum absolute atomic E-state index is 0.0877. The van der Waals surface area contributed by atoms with E-state index in [1.54, 1.807) is 20.3 Å². The lowest BCUT2D eigenvalue weighted by Gasteiger charge is -2.10. The summed E-state index contributed by atoms with van der Waals surface area (Å²) in [5, 5.41) is 11.4. The first-order valence-corrected chi connectivity index (χ1v) is 8.17. The molecule has 0 saturated heterocycles. The predicted molar refractivity (Wildman–Crippen MR) is 102 cm³/mol. The van der Waals surface area contributed by atoms with Crippen LogP contribution in [0.2, 0.25) is 10.0 Å². The van der Waals surface area contributed by atoms with Crippen LogP contribution >= 0.6 is 23.2 Å². The molecule has 3 rings (SSSR count). The van der Waals surface area contributed by atoms with Gasteiger partial charge in [-0.05, 0) is 36.4 Å². The summed E-state index contributed by atoms with van der Waals surface area (Å²) >= 11 is 12.1. The Morgan fingerprint density at radius 2 is 1.80 bits per heavy atom.